The maximum absolute atomic E-state index is 10.8. The van der Waals surface area contributed by atoms with Crippen LogP contribution in [-0.4, -0.2) is 4.98 Å². The molecule has 4 heteroatoms. The third-order valence-electron chi connectivity index (χ3n) is 1.33. The van der Waals surface area contributed by atoms with Crippen molar-refractivity contribution in [2.24, 2.45) is 0 Å². The van der Waals surface area contributed by atoms with Gasteiger partial charge >= 0.3 is 4.87 Å². The molecule has 0 spiro atoms. The van der Waals surface area contributed by atoms with E-state index in [2.05, 4.69) is 4.98 Å². The first kappa shape index (κ1) is 6.82. The van der Waals surface area contributed by atoms with Crippen molar-refractivity contribution in [3.05, 3.63) is 32.7 Å². The van der Waals surface area contributed by atoms with Gasteiger partial charge in [0.25, 0.3) is 0 Å². The average Bonchev–Trinajstić information content (AvgIpc) is 2.55. The normalized spacial score (nSPS) is 10.2. The molecule has 2 aromatic rings. The Hall–Kier alpha value is -0.870. The van der Waals surface area contributed by atoms with E-state index < -0.39 is 0 Å². The summed E-state index contributed by atoms with van der Waals surface area (Å²) in [5.74, 6) is 0. The number of aromatic amines is 1. The molecule has 56 valence electrons. The van der Waals surface area contributed by atoms with E-state index in [9.17, 15) is 4.79 Å². The highest BCUT2D eigenvalue weighted by atomic mass is 32.1. The van der Waals surface area contributed by atoms with E-state index in [0.717, 1.165) is 10.4 Å². The van der Waals surface area contributed by atoms with Crippen molar-refractivity contribution < 1.29 is 0 Å². The predicted octanol–water partition coefficient (Wildman–Crippen LogP) is 2.16. The Balaban J connectivity index is 2.53. The molecule has 0 atom stereocenters. The molecule has 2 nitrogen and oxygen atoms in total. The van der Waals surface area contributed by atoms with Crippen molar-refractivity contribution in [2.45, 2.75) is 0 Å². The Morgan fingerprint density at radius 3 is 2.91 bits per heavy atom. The van der Waals surface area contributed by atoms with Gasteiger partial charge in [0, 0.05) is 11.8 Å². The van der Waals surface area contributed by atoms with Crippen molar-refractivity contribution >= 4 is 22.7 Å². The third kappa shape index (κ3) is 1.27. The molecule has 2 heterocycles. The third-order valence-corrected chi connectivity index (χ3v) is 2.89. The Kier molecular flexibility index (Phi) is 1.63. The van der Waals surface area contributed by atoms with Crippen LogP contribution in [0.1, 0.15) is 0 Å². The lowest BCUT2D eigenvalue weighted by molar-refractivity contribution is 1.35. The van der Waals surface area contributed by atoms with Gasteiger partial charge in [-0.2, -0.15) is 11.3 Å². The van der Waals surface area contributed by atoms with Crippen LogP contribution in [0.3, 0.4) is 0 Å². The Bertz CT molecular complexity index is 384. The lowest BCUT2D eigenvalue weighted by Crippen LogP contribution is -1.88. The number of thiazole rings is 1. The van der Waals surface area contributed by atoms with Gasteiger partial charge in [-0.1, -0.05) is 11.3 Å². The predicted molar refractivity (Wildman–Crippen MR) is 48.3 cm³/mol. The van der Waals surface area contributed by atoms with Crippen molar-refractivity contribution in [1.29, 1.82) is 0 Å². The summed E-state index contributed by atoms with van der Waals surface area (Å²) in [6.45, 7) is 0. The van der Waals surface area contributed by atoms with Crippen LogP contribution in [-0.2, 0) is 0 Å². The van der Waals surface area contributed by atoms with E-state index in [1.165, 1.54) is 11.3 Å². The van der Waals surface area contributed by atoms with Crippen LogP contribution >= 0.6 is 22.7 Å². The zero-order valence-electron chi connectivity index (χ0n) is 5.53. The molecule has 0 fully saturated rings. The minimum atomic E-state index is 0.00574. The van der Waals surface area contributed by atoms with Crippen molar-refractivity contribution in [3.63, 3.8) is 0 Å². The fraction of sp³-hybridized carbons (Fsp3) is 0. The van der Waals surface area contributed by atoms with E-state index in [0.29, 0.717) is 0 Å². The van der Waals surface area contributed by atoms with Crippen LogP contribution in [0.5, 0.6) is 0 Å². The highest BCUT2D eigenvalue weighted by molar-refractivity contribution is 7.13. The minimum absolute atomic E-state index is 0.00574. The second-order valence-corrected chi connectivity index (χ2v) is 3.85. The van der Waals surface area contributed by atoms with E-state index in [1.54, 1.807) is 17.5 Å². The van der Waals surface area contributed by atoms with E-state index in [4.69, 9.17) is 0 Å². The van der Waals surface area contributed by atoms with Crippen LogP contribution in [0.4, 0.5) is 0 Å². The van der Waals surface area contributed by atoms with Gasteiger partial charge in [0.2, 0.25) is 0 Å². The monoisotopic (exact) mass is 183 g/mol. The molecule has 0 aliphatic heterocycles. The Labute approximate surface area is 71.2 Å². The summed E-state index contributed by atoms with van der Waals surface area (Å²) in [6.07, 6.45) is 1.75. The first-order valence-electron chi connectivity index (χ1n) is 3.07. The van der Waals surface area contributed by atoms with E-state index in [-0.39, 0.29) is 4.87 Å². The molecule has 0 aliphatic carbocycles. The molecular weight excluding hydrogens is 178 g/mol. The fourth-order valence-corrected chi connectivity index (χ4v) is 2.24. The van der Waals surface area contributed by atoms with E-state index >= 15 is 0 Å². The number of hydrogen-bond acceptors (Lipinski definition) is 3. The van der Waals surface area contributed by atoms with E-state index in [1.807, 2.05) is 16.8 Å². The Morgan fingerprint density at radius 2 is 2.36 bits per heavy atom. The van der Waals surface area contributed by atoms with Gasteiger partial charge < -0.3 is 4.98 Å². The van der Waals surface area contributed by atoms with Crippen LogP contribution in [0, 0.1) is 0 Å². The first-order chi connectivity index (χ1) is 5.36. The van der Waals surface area contributed by atoms with Crippen LogP contribution in [0.25, 0.3) is 10.4 Å². The summed E-state index contributed by atoms with van der Waals surface area (Å²) in [5.41, 5.74) is 1.12. The van der Waals surface area contributed by atoms with Gasteiger partial charge in [-0.05, 0) is 16.8 Å². The molecule has 0 amide bonds. The summed E-state index contributed by atoms with van der Waals surface area (Å²) in [4.78, 5) is 14.4. The van der Waals surface area contributed by atoms with Crippen LogP contribution < -0.4 is 4.87 Å². The summed E-state index contributed by atoms with van der Waals surface area (Å²) < 4.78 is 0. The topological polar surface area (TPSA) is 32.9 Å². The molecule has 2 aromatic heterocycles. The van der Waals surface area contributed by atoms with Crippen molar-refractivity contribution in [2.75, 3.05) is 0 Å². The molecule has 0 aliphatic rings. The zero-order valence-corrected chi connectivity index (χ0v) is 7.17. The maximum atomic E-state index is 10.8. The smallest absolute Gasteiger partial charge is 0.305 e. The molecule has 0 bridgehead atoms. The second-order valence-electron chi connectivity index (χ2n) is 2.05. The van der Waals surface area contributed by atoms with Crippen LogP contribution in [0.15, 0.2) is 27.8 Å². The molecule has 0 saturated heterocycles. The lowest BCUT2D eigenvalue weighted by atomic mass is 10.3. The van der Waals surface area contributed by atoms with Crippen LogP contribution in [0.2, 0.25) is 0 Å². The van der Waals surface area contributed by atoms with Gasteiger partial charge in [-0.15, -0.1) is 0 Å². The van der Waals surface area contributed by atoms with Crippen molar-refractivity contribution in [1.82, 2.24) is 4.98 Å². The van der Waals surface area contributed by atoms with Gasteiger partial charge in [0.15, 0.2) is 0 Å². The quantitative estimate of drug-likeness (QED) is 0.722. The van der Waals surface area contributed by atoms with Gasteiger partial charge in [0.1, 0.15) is 0 Å². The fourth-order valence-electron chi connectivity index (χ4n) is 0.830. The summed E-state index contributed by atoms with van der Waals surface area (Å²) in [7, 11) is 0. The molecule has 11 heavy (non-hydrogen) atoms. The minimum Gasteiger partial charge on any atom is -0.319 e. The largest absolute Gasteiger partial charge is 0.319 e. The highest BCUT2D eigenvalue weighted by Crippen LogP contribution is 2.22. The van der Waals surface area contributed by atoms with Gasteiger partial charge in [0.05, 0.1) is 4.88 Å². The molecule has 0 unspecified atom stereocenters. The SMILES string of the molecule is O=c1[nH]cc(-c2ccsc2)s1. The number of rotatable bonds is 1. The average molecular weight is 183 g/mol. The second kappa shape index (κ2) is 2.64. The number of thiophene rings is 1. The highest BCUT2D eigenvalue weighted by Gasteiger charge is 1.99. The molecule has 0 saturated carbocycles. The number of H-pyrrole nitrogens is 1. The summed E-state index contributed by atoms with van der Waals surface area (Å²) in [5, 5.41) is 4.03. The number of nitrogens with one attached hydrogen (secondary N) is 1. The Morgan fingerprint density at radius 1 is 1.45 bits per heavy atom. The first-order valence-corrected chi connectivity index (χ1v) is 4.83. The number of aromatic nitrogens is 1. The van der Waals surface area contributed by atoms with Gasteiger partial charge in [-0.25, -0.2) is 0 Å². The maximum Gasteiger partial charge on any atom is 0.305 e. The lowest BCUT2D eigenvalue weighted by Gasteiger charge is -1.83. The molecular formula is C7H5NOS2. The molecule has 2 rings (SSSR count). The standard InChI is InChI=1S/C7H5NOS2/c9-7-8-3-6(11-7)5-1-2-10-4-5/h1-4H,(H,8,9). The molecule has 0 radical (unpaired) electrons. The summed E-state index contributed by atoms with van der Waals surface area (Å²) in [6, 6.07) is 2.00. The van der Waals surface area contributed by atoms with Crippen molar-refractivity contribution in [3.8, 4) is 10.4 Å². The summed E-state index contributed by atoms with van der Waals surface area (Å²) >= 11 is 2.88. The number of hydrogen-bond donors (Lipinski definition) is 1. The molecule has 0 aromatic carbocycles. The van der Waals surface area contributed by atoms with Gasteiger partial charge in [-0.3, -0.25) is 4.79 Å². The zero-order chi connectivity index (χ0) is 7.68. The molecule has 1 N–H and O–H groups in total.